The van der Waals surface area contributed by atoms with Gasteiger partial charge in [0.05, 0.1) is 20.3 Å². The number of morpholine rings is 1. The summed E-state index contributed by atoms with van der Waals surface area (Å²) in [5.74, 6) is 3.14. The highest BCUT2D eigenvalue weighted by atomic mass is 32.2. The molecule has 0 unspecified atom stereocenters. The number of nitrogens with one attached hydrogen (secondary N) is 2. The van der Waals surface area contributed by atoms with E-state index in [9.17, 15) is 4.79 Å². The van der Waals surface area contributed by atoms with E-state index in [0.29, 0.717) is 48.0 Å². The molecule has 0 amide bonds. The molecule has 2 fully saturated rings. The van der Waals surface area contributed by atoms with Crippen molar-refractivity contribution in [1.82, 2.24) is 20.2 Å². The molecular formula is C24H28N6O3S. The molecule has 2 N–H and O–H groups in total. The summed E-state index contributed by atoms with van der Waals surface area (Å²) in [6, 6.07) is 9.98. The second-order valence-corrected chi connectivity index (χ2v) is 9.58. The van der Waals surface area contributed by atoms with Gasteiger partial charge in [0.2, 0.25) is 5.75 Å². The third kappa shape index (κ3) is 5.34. The summed E-state index contributed by atoms with van der Waals surface area (Å²) in [7, 11) is 1.62. The van der Waals surface area contributed by atoms with Crippen molar-refractivity contribution in [3.63, 3.8) is 0 Å². The van der Waals surface area contributed by atoms with Crippen molar-refractivity contribution in [1.29, 1.82) is 0 Å². The molecule has 1 aliphatic carbocycles. The Hall–Kier alpha value is -3.11. The van der Waals surface area contributed by atoms with E-state index < -0.39 is 0 Å². The maximum Gasteiger partial charge on any atom is 0.204 e. The molecule has 0 bridgehead atoms. The molecule has 2 aromatic heterocycles. The normalized spacial score (nSPS) is 15.9. The summed E-state index contributed by atoms with van der Waals surface area (Å²) in [4.78, 5) is 24.9. The number of Topliss-reactive ketones (excluding diaryl/α,β-unsaturated/α-hetero) is 1. The zero-order valence-corrected chi connectivity index (χ0v) is 20.2. The zero-order valence-electron chi connectivity index (χ0n) is 19.3. The molecule has 1 aromatic carbocycles. The number of aromatic nitrogens is 4. The van der Waals surface area contributed by atoms with Gasteiger partial charge in [0.25, 0.3) is 0 Å². The van der Waals surface area contributed by atoms with Crippen molar-refractivity contribution < 1.29 is 14.3 Å². The van der Waals surface area contributed by atoms with Crippen LogP contribution in [-0.2, 0) is 16.0 Å². The number of benzene rings is 1. The van der Waals surface area contributed by atoms with Crippen LogP contribution in [0.25, 0.3) is 0 Å². The van der Waals surface area contributed by atoms with Crippen molar-refractivity contribution in [2.75, 3.05) is 43.6 Å². The van der Waals surface area contributed by atoms with Crippen LogP contribution < -0.4 is 15.0 Å². The Bertz CT molecular complexity index is 1160. The van der Waals surface area contributed by atoms with Gasteiger partial charge in [0.15, 0.2) is 22.6 Å². The molecule has 34 heavy (non-hydrogen) atoms. The second kappa shape index (κ2) is 10.0. The van der Waals surface area contributed by atoms with E-state index in [1.54, 1.807) is 7.11 Å². The Morgan fingerprint density at radius 2 is 2.00 bits per heavy atom. The highest BCUT2D eigenvalue weighted by Gasteiger charge is 2.29. The predicted molar refractivity (Wildman–Crippen MR) is 130 cm³/mol. The van der Waals surface area contributed by atoms with Crippen molar-refractivity contribution in [2.45, 2.75) is 36.2 Å². The van der Waals surface area contributed by atoms with Crippen LogP contribution in [0.4, 0.5) is 17.5 Å². The second-order valence-electron chi connectivity index (χ2n) is 8.54. The molecule has 178 valence electrons. The number of H-pyrrole nitrogens is 1. The van der Waals surface area contributed by atoms with Gasteiger partial charge in [0.1, 0.15) is 5.78 Å². The highest BCUT2D eigenvalue weighted by molar-refractivity contribution is 7.99. The summed E-state index contributed by atoms with van der Waals surface area (Å²) >= 11 is 1.47. The minimum atomic E-state index is 0.282. The number of methoxy groups -OCH3 is 1. The molecule has 2 aliphatic rings. The van der Waals surface area contributed by atoms with E-state index in [1.807, 2.05) is 37.3 Å². The van der Waals surface area contributed by atoms with Crippen LogP contribution in [0.1, 0.15) is 24.1 Å². The predicted octanol–water partition coefficient (Wildman–Crippen LogP) is 3.77. The van der Waals surface area contributed by atoms with E-state index in [0.717, 1.165) is 47.9 Å². The number of aryl methyl sites for hydroxylation is 1. The fourth-order valence-corrected chi connectivity index (χ4v) is 4.61. The molecule has 1 saturated heterocycles. The number of ether oxygens (including phenoxy) is 2. The number of ketones is 1. The summed E-state index contributed by atoms with van der Waals surface area (Å²) in [6.07, 6.45) is 2.59. The third-order valence-electron chi connectivity index (χ3n) is 5.84. The van der Waals surface area contributed by atoms with Crippen LogP contribution in [0.3, 0.4) is 0 Å². The van der Waals surface area contributed by atoms with Crippen molar-refractivity contribution in [2.24, 2.45) is 5.92 Å². The Balaban J connectivity index is 1.42. The number of carbonyl (C=O) groups excluding carboxylic acids is 1. The molecular weight excluding hydrogens is 452 g/mol. The van der Waals surface area contributed by atoms with Gasteiger partial charge >= 0.3 is 0 Å². The first-order valence-corrected chi connectivity index (χ1v) is 12.3. The molecule has 0 spiro atoms. The SMILES string of the molecule is COc1c(Nc2cc(C)[nH]n2)nc(Sc2ccc(CC(=O)C3CC3)cc2)nc1N1CCOCC1. The summed E-state index contributed by atoms with van der Waals surface area (Å²) < 4.78 is 11.3. The lowest BCUT2D eigenvalue weighted by atomic mass is 10.1. The van der Waals surface area contributed by atoms with E-state index in [1.165, 1.54) is 11.8 Å². The van der Waals surface area contributed by atoms with Gasteiger partial charge in [-0.15, -0.1) is 0 Å². The van der Waals surface area contributed by atoms with Gasteiger partial charge in [-0.2, -0.15) is 5.10 Å². The largest absolute Gasteiger partial charge is 0.490 e. The molecule has 1 saturated carbocycles. The van der Waals surface area contributed by atoms with Gasteiger partial charge in [-0.05, 0) is 49.2 Å². The van der Waals surface area contributed by atoms with Crippen LogP contribution >= 0.6 is 11.8 Å². The molecule has 10 heteroatoms. The number of hydrogen-bond acceptors (Lipinski definition) is 9. The number of nitrogens with zero attached hydrogens (tertiary/aromatic N) is 4. The third-order valence-corrected chi connectivity index (χ3v) is 6.71. The van der Waals surface area contributed by atoms with E-state index >= 15 is 0 Å². The first kappa shape index (κ1) is 22.7. The quantitative estimate of drug-likeness (QED) is 0.443. The lowest BCUT2D eigenvalue weighted by Crippen LogP contribution is -2.37. The summed E-state index contributed by atoms with van der Waals surface area (Å²) in [6.45, 7) is 4.66. The molecule has 3 heterocycles. The van der Waals surface area contributed by atoms with Gasteiger partial charge in [-0.25, -0.2) is 9.97 Å². The first-order chi connectivity index (χ1) is 16.6. The minimum absolute atomic E-state index is 0.282. The van der Waals surface area contributed by atoms with Crippen LogP contribution in [0.15, 0.2) is 40.4 Å². The highest BCUT2D eigenvalue weighted by Crippen LogP contribution is 2.38. The van der Waals surface area contributed by atoms with Gasteiger partial charge < -0.3 is 19.7 Å². The number of aromatic amines is 1. The average Bonchev–Trinajstić information content (AvgIpc) is 3.63. The Kier molecular flexibility index (Phi) is 6.68. The average molecular weight is 481 g/mol. The zero-order chi connectivity index (χ0) is 23.5. The van der Waals surface area contributed by atoms with Crippen molar-refractivity contribution in [3.05, 3.63) is 41.6 Å². The van der Waals surface area contributed by atoms with E-state index in [2.05, 4.69) is 20.4 Å². The maximum absolute atomic E-state index is 12.1. The molecule has 0 radical (unpaired) electrons. The van der Waals surface area contributed by atoms with Crippen molar-refractivity contribution >= 4 is 35.0 Å². The van der Waals surface area contributed by atoms with Crippen LogP contribution in [0.2, 0.25) is 0 Å². The summed E-state index contributed by atoms with van der Waals surface area (Å²) in [5, 5.41) is 11.1. The Morgan fingerprint density at radius 1 is 1.24 bits per heavy atom. The topological polar surface area (TPSA) is 105 Å². The van der Waals surface area contributed by atoms with Crippen LogP contribution in [0, 0.1) is 12.8 Å². The monoisotopic (exact) mass is 480 g/mol. The molecule has 3 aromatic rings. The van der Waals surface area contributed by atoms with Crippen LogP contribution in [-0.4, -0.2) is 59.4 Å². The first-order valence-electron chi connectivity index (χ1n) is 11.5. The summed E-state index contributed by atoms with van der Waals surface area (Å²) in [5.41, 5.74) is 1.99. The standard InChI is InChI=1S/C24H28N6O3S/c1-15-13-20(29-28-15)25-22-21(32-2)23(30-9-11-33-12-10-30)27-24(26-22)34-18-7-3-16(4-8-18)14-19(31)17-5-6-17/h3-4,7-8,13,17H,5-6,9-12,14H2,1-2H3,(H2,25,26,27,28,29). The molecule has 0 atom stereocenters. The van der Waals surface area contributed by atoms with Gasteiger partial charge in [-0.1, -0.05) is 12.1 Å². The number of hydrogen-bond donors (Lipinski definition) is 2. The molecule has 5 rings (SSSR count). The number of carbonyl (C=O) groups is 1. The lowest BCUT2D eigenvalue weighted by Gasteiger charge is -2.29. The number of anilines is 3. The Labute approximate surface area is 202 Å². The van der Waals surface area contributed by atoms with Gasteiger partial charge in [0, 0.05) is 42.1 Å². The van der Waals surface area contributed by atoms with E-state index in [-0.39, 0.29) is 5.92 Å². The smallest absolute Gasteiger partial charge is 0.204 e. The fourth-order valence-electron chi connectivity index (χ4n) is 3.86. The molecule has 9 nitrogen and oxygen atoms in total. The minimum Gasteiger partial charge on any atom is -0.490 e. The number of rotatable bonds is 9. The maximum atomic E-state index is 12.1. The fraction of sp³-hybridized carbons (Fsp3) is 0.417. The molecule has 1 aliphatic heterocycles. The van der Waals surface area contributed by atoms with E-state index in [4.69, 9.17) is 19.4 Å². The lowest BCUT2D eigenvalue weighted by molar-refractivity contribution is -0.119. The van der Waals surface area contributed by atoms with Gasteiger partial charge in [-0.3, -0.25) is 9.89 Å². The van der Waals surface area contributed by atoms with Crippen molar-refractivity contribution in [3.8, 4) is 5.75 Å². The Morgan fingerprint density at radius 3 is 2.65 bits per heavy atom. The van der Waals surface area contributed by atoms with Crippen LogP contribution in [0.5, 0.6) is 5.75 Å².